The third-order valence-electron chi connectivity index (χ3n) is 3.64. The summed E-state index contributed by atoms with van der Waals surface area (Å²) in [6.07, 6.45) is 1.81. The molecular formula is C14H22BrN5. The Kier molecular flexibility index (Phi) is 4.65. The van der Waals surface area contributed by atoms with Crippen LogP contribution in [0.25, 0.3) is 0 Å². The van der Waals surface area contributed by atoms with E-state index in [9.17, 15) is 0 Å². The van der Waals surface area contributed by atoms with Gasteiger partial charge in [0.1, 0.15) is 0 Å². The van der Waals surface area contributed by atoms with Crippen molar-refractivity contribution in [1.82, 2.24) is 24.9 Å². The SMILES string of the molecule is CCc1nn(C)c(CC(NC)c2cc(C)nn2C)c1Br. The van der Waals surface area contributed by atoms with Crippen LogP contribution in [-0.4, -0.2) is 26.6 Å². The van der Waals surface area contributed by atoms with Crippen molar-refractivity contribution in [2.75, 3.05) is 7.05 Å². The van der Waals surface area contributed by atoms with Crippen LogP contribution in [0.2, 0.25) is 0 Å². The van der Waals surface area contributed by atoms with Crippen molar-refractivity contribution < 1.29 is 0 Å². The lowest BCUT2D eigenvalue weighted by atomic mass is 10.1. The minimum Gasteiger partial charge on any atom is -0.311 e. The molecule has 0 bridgehead atoms. The Bertz CT molecular complexity index is 599. The lowest BCUT2D eigenvalue weighted by Gasteiger charge is -2.17. The van der Waals surface area contributed by atoms with E-state index in [1.165, 1.54) is 11.4 Å². The van der Waals surface area contributed by atoms with E-state index in [4.69, 9.17) is 0 Å². The monoisotopic (exact) mass is 339 g/mol. The van der Waals surface area contributed by atoms with Crippen molar-refractivity contribution >= 4 is 15.9 Å². The highest BCUT2D eigenvalue weighted by molar-refractivity contribution is 9.10. The number of rotatable bonds is 5. The van der Waals surface area contributed by atoms with Crippen molar-refractivity contribution in [2.24, 2.45) is 14.1 Å². The van der Waals surface area contributed by atoms with Crippen LogP contribution in [0, 0.1) is 6.92 Å². The molecule has 110 valence electrons. The molecule has 0 saturated heterocycles. The van der Waals surface area contributed by atoms with E-state index < -0.39 is 0 Å². The molecule has 0 saturated carbocycles. The molecule has 0 aromatic carbocycles. The Balaban J connectivity index is 2.31. The van der Waals surface area contributed by atoms with Gasteiger partial charge in [-0.2, -0.15) is 10.2 Å². The number of hydrogen-bond acceptors (Lipinski definition) is 3. The molecule has 2 heterocycles. The van der Waals surface area contributed by atoms with Crippen LogP contribution < -0.4 is 5.32 Å². The average molecular weight is 340 g/mol. The van der Waals surface area contributed by atoms with Crippen molar-refractivity contribution in [2.45, 2.75) is 32.7 Å². The van der Waals surface area contributed by atoms with Crippen molar-refractivity contribution in [1.29, 1.82) is 0 Å². The summed E-state index contributed by atoms with van der Waals surface area (Å²) in [5.74, 6) is 0. The summed E-state index contributed by atoms with van der Waals surface area (Å²) in [6.45, 7) is 4.14. The first kappa shape index (κ1) is 15.3. The van der Waals surface area contributed by atoms with E-state index in [2.05, 4.69) is 44.4 Å². The second kappa shape index (κ2) is 6.10. The highest BCUT2D eigenvalue weighted by Gasteiger charge is 2.20. The fourth-order valence-corrected chi connectivity index (χ4v) is 3.32. The molecule has 2 aromatic rings. The van der Waals surface area contributed by atoms with Gasteiger partial charge in [-0.05, 0) is 42.4 Å². The standard InChI is InChI=1S/C14H22BrN5/c1-6-10-14(15)13(20(5)18-10)8-11(16-3)12-7-9(2)17-19(12)4/h7,11,16H,6,8H2,1-5H3. The molecule has 0 aliphatic heterocycles. The molecule has 0 spiro atoms. The maximum atomic E-state index is 4.56. The van der Waals surface area contributed by atoms with E-state index in [-0.39, 0.29) is 6.04 Å². The predicted octanol–water partition coefficient (Wildman–Crippen LogP) is 2.29. The normalized spacial score (nSPS) is 12.9. The molecule has 0 aliphatic carbocycles. The lowest BCUT2D eigenvalue weighted by Crippen LogP contribution is -2.22. The van der Waals surface area contributed by atoms with Crippen molar-refractivity contribution in [3.63, 3.8) is 0 Å². The van der Waals surface area contributed by atoms with Gasteiger partial charge >= 0.3 is 0 Å². The number of hydrogen-bond donors (Lipinski definition) is 1. The molecule has 2 rings (SSSR count). The maximum absolute atomic E-state index is 4.56. The summed E-state index contributed by atoms with van der Waals surface area (Å²) in [5.41, 5.74) is 4.55. The number of aryl methyl sites for hydroxylation is 4. The zero-order valence-electron chi connectivity index (χ0n) is 12.7. The first-order valence-electron chi connectivity index (χ1n) is 6.85. The molecule has 0 fully saturated rings. The van der Waals surface area contributed by atoms with Crippen LogP contribution in [0.15, 0.2) is 10.5 Å². The first-order valence-corrected chi connectivity index (χ1v) is 7.65. The van der Waals surface area contributed by atoms with E-state index in [1.54, 1.807) is 0 Å². The number of aromatic nitrogens is 4. The molecule has 20 heavy (non-hydrogen) atoms. The van der Waals surface area contributed by atoms with Gasteiger partial charge in [-0.15, -0.1) is 0 Å². The zero-order valence-corrected chi connectivity index (χ0v) is 14.3. The largest absolute Gasteiger partial charge is 0.311 e. The zero-order chi connectivity index (χ0) is 14.9. The number of halogens is 1. The predicted molar refractivity (Wildman–Crippen MR) is 83.7 cm³/mol. The van der Waals surface area contributed by atoms with Gasteiger partial charge in [-0.3, -0.25) is 9.36 Å². The summed E-state index contributed by atoms with van der Waals surface area (Å²) in [4.78, 5) is 0. The van der Waals surface area contributed by atoms with Gasteiger partial charge in [0.15, 0.2) is 0 Å². The molecule has 1 unspecified atom stereocenters. The van der Waals surface area contributed by atoms with Gasteiger partial charge < -0.3 is 5.32 Å². The van der Waals surface area contributed by atoms with Crippen LogP contribution in [0.3, 0.4) is 0 Å². The van der Waals surface area contributed by atoms with E-state index >= 15 is 0 Å². The Morgan fingerprint density at radius 2 is 2.00 bits per heavy atom. The van der Waals surface area contributed by atoms with Gasteiger partial charge in [-0.1, -0.05) is 6.92 Å². The van der Waals surface area contributed by atoms with Gasteiger partial charge in [0.2, 0.25) is 0 Å². The first-order chi connectivity index (χ1) is 9.47. The minimum atomic E-state index is 0.220. The van der Waals surface area contributed by atoms with Crippen LogP contribution in [0.1, 0.15) is 35.7 Å². The average Bonchev–Trinajstić information content (AvgIpc) is 2.87. The number of nitrogens with one attached hydrogen (secondary N) is 1. The number of nitrogens with zero attached hydrogens (tertiary/aromatic N) is 4. The van der Waals surface area contributed by atoms with Gasteiger partial charge in [0, 0.05) is 20.5 Å². The molecular weight excluding hydrogens is 318 g/mol. The molecule has 0 amide bonds. The van der Waals surface area contributed by atoms with Gasteiger partial charge in [0.05, 0.1) is 33.3 Å². The Morgan fingerprint density at radius 1 is 1.30 bits per heavy atom. The summed E-state index contributed by atoms with van der Waals surface area (Å²) >= 11 is 3.68. The van der Waals surface area contributed by atoms with Gasteiger partial charge in [0.25, 0.3) is 0 Å². The summed E-state index contributed by atoms with van der Waals surface area (Å²) in [5, 5.41) is 12.4. The highest BCUT2D eigenvalue weighted by Crippen LogP contribution is 2.26. The highest BCUT2D eigenvalue weighted by atomic mass is 79.9. The molecule has 5 nitrogen and oxygen atoms in total. The molecule has 6 heteroatoms. The molecule has 0 radical (unpaired) electrons. The summed E-state index contributed by atoms with van der Waals surface area (Å²) in [6, 6.07) is 2.35. The Morgan fingerprint density at radius 3 is 2.45 bits per heavy atom. The van der Waals surface area contributed by atoms with E-state index in [0.717, 1.165) is 28.7 Å². The fraction of sp³-hybridized carbons (Fsp3) is 0.571. The topological polar surface area (TPSA) is 47.7 Å². The number of likely N-dealkylation sites (N-methyl/N-ethyl adjacent to an activating group) is 1. The molecule has 2 aromatic heterocycles. The summed E-state index contributed by atoms with van der Waals surface area (Å²) in [7, 11) is 5.97. The van der Waals surface area contributed by atoms with Crippen LogP contribution >= 0.6 is 15.9 Å². The smallest absolute Gasteiger partial charge is 0.0766 e. The third-order valence-corrected chi connectivity index (χ3v) is 4.56. The molecule has 1 N–H and O–H groups in total. The van der Waals surface area contributed by atoms with Crippen molar-refractivity contribution in [3.8, 4) is 0 Å². The minimum absolute atomic E-state index is 0.220. The van der Waals surface area contributed by atoms with Crippen LogP contribution in [0.4, 0.5) is 0 Å². The second-order valence-electron chi connectivity index (χ2n) is 5.06. The fourth-order valence-electron chi connectivity index (χ4n) is 2.55. The third kappa shape index (κ3) is 2.81. The lowest BCUT2D eigenvalue weighted by molar-refractivity contribution is 0.518. The quantitative estimate of drug-likeness (QED) is 0.909. The van der Waals surface area contributed by atoms with Gasteiger partial charge in [-0.25, -0.2) is 0 Å². The second-order valence-corrected chi connectivity index (χ2v) is 5.86. The molecule has 1 atom stereocenters. The Hall–Kier alpha value is -1.14. The van der Waals surface area contributed by atoms with Crippen LogP contribution in [0.5, 0.6) is 0 Å². The van der Waals surface area contributed by atoms with E-state index in [0.29, 0.717) is 0 Å². The van der Waals surface area contributed by atoms with Crippen molar-refractivity contribution in [3.05, 3.63) is 33.3 Å². The molecule has 0 aliphatic rings. The summed E-state index contributed by atoms with van der Waals surface area (Å²) < 4.78 is 5.04. The van der Waals surface area contributed by atoms with Crippen LogP contribution in [-0.2, 0) is 26.9 Å². The Labute approximate surface area is 128 Å². The van der Waals surface area contributed by atoms with E-state index in [1.807, 2.05) is 37.4 Å². The maximum Gasteiger partial charge on any atom is 0.0766 e.